The monoisotopic (exact) mass is 275 g/mol. The summed E-state index contributed by atoms with van der Waals surface area (Å²) in [7, 11) is 0. The van der Waals surface area contributed by atoms with E-state index in [1.807, 2.05) is 0 Å². The number of furan rings is 1. The maximum atomic E-state index is 11.9. The molecular formula is C13H13N3O4. The molecule has 0 fully saturated rings. The Morgan fingerprint density at radius 2 is 2.20 bits per heavy atom. The quantitative estimate of drug-likeness (QED) is 0.490. The first-order valence-electron chi connectivity index (χ1n) is 5.92. The predicted molar refractivity (Wildman–Crippen MR) is 72.3 cm³/mol. The van der Waals surface area contributed by atoms with E-state index in [0.717, 1.165) is 5.76 Å². The van der Waals surface area contributed by atoms with Crippen molar-refractivity contribution in [2.75, 3.05) is 12.3 Å². The van der Waals surface area contributed by atoms with E-state index in [4.69, 9.17) is 10.2 Å². The number of hydrogen-bond acceptors (Lipinski definition) is 5. The molecule has 0 radical (unpaired) electrons. The molecule has 1 aromatic heterocycles. The van der Waals surface area contributed by atoms with Gasteiger partial charge in [0.2, 0.25) is 0 Å². The highest BCUT2D eigenvalue weighted by Crippen LogP contribution is 2.20. The molecule has 1 amide bonds. The number of carbonyl (C=O) groups excluding carboxylic acids is 1. The van der Waals surface area contributed by atoms with Crippen LogP contribution in [0.15, 0.2) is 41.0 Å². The van der Waals surface area contributed by atoms with E-state index in [1.54, 1.807) is 18.4 Å². The summed E-state index contributed by atoms with van der Waals surface area (Å²) < 4.78 is 5.12. The minimum absolute atomic E-state index is 0.0468. The molecule has 7 nitrogen and oxygen atoms in total. The number of benzene rings is 1. The summed E-state index contributed by atoms with van der Waals surface area (Å²) in [4.78, 5) is 22.2. The first-order chi connectivity index (χ1) is 9.58. The smallest absolute Gasteiger partial charge is 0.282 e. The Morgan fingerprint density at radius 1 is 1.40 bits per heavy atom. The van der Waals surface area contributed by atoms with Crippen LogP contribution in [0.5, 0.6) is 0 Å². The fourth-order valence-corrected chi connectivity index (χ4v) is 1.74. The number of nitro groups is 1. The second kappa shape index (κ2) is 5.87. The third-order valence-electron chi connectivity index (χ3n) is 2.70. The van der Waals surface area contributed by atoms with E-state index in [2.05, 4.69) is 5.32 Å². The Labute approximate surface area is 114 Å². The minimum Gasteiger partial charge on any atom is -0.469 e. The average molecular weight is 275 g/mol. The van der Waals surface area contributed by atoms with Crippen LogP contribution in [-0.4, -0.2) is 17.4 Å². The fraction of sp³-hybridized carbons (Fsp3) is 0.154. The van der Waals surface area contributed by atoms with Crippen molar-refractivity contribution in [3.63, 3.8) is 0 Å². The largest absolute Gasteiger partial charge is 0.469 e. The maximum Gasteiger partial charge on any atom is 0.282 e. The van der Waals surface area contributed by atoms with Gasteiger partial charge in [0.15, 0.2) is 0 Å². The standard InChI is InChI=1S/C13H13N3O4/c14-9-3-4-12(16(18)19)11(8-9)13(17)15-6-5-10-2-1-7-20-10/h1-4,7-8H,5-6,14H2,(H,15,17). The van der Waals surface area contributed by atoms with E-state index < -0.39 is 10.8 Å². The summed E-state index contributed by atoms with van der Waals surface area (Å²) in [5.74, 6) is 0.197. The van der Waals surface area contributed by atoms with Gasteiger partial charge in [0.25, 0.3) is 11.6 Å². The van der Waals surface area contributed by atoms with Crippen molar-refractivity contribution < 1.29 is 14.1 Å². The molecule has 0 spiro atoms. The lowest BCUT2D eigenvalue weighted by Gasteiger charge is -2.05. The zero-order chi connectivity index (χ0) is 14.5. The zero-order valence-corrected chi connectivity index (χ0v) is 10.5. The van der Waals surface area contributed by atoms with Gasteiger partial charge in [0, 0.05) is 24.7 Å². The van der Waals surface area contributed by atoms with Gasteiger partial charge in [-0.15, -0.1) is 0 Å². The third-order valence-corrected chi connectivity index (χ3v) is 2.70. The van der Waals surface area contributed by atoms with Gasteiger partial charge in [-0.1, -0.05) is 0 Å². The summed E-state index contributed by atoms with van der Waals surface area (Å²) in [6, 6.07) is 7.43. The summed E-state index contributed by atoms with van der Waals surface area (Å²) in [5.41, 5.74) is 5.54. The van der Waals surface area contributed by atoms with E-state index in [9.17, 15) is 14.9 Å². The molecule has 7 heteroatoms. The van der Waals surface area contributed by atoms with Gasteiger partial charge in [0.1, 0.15) is 11.3 Å². The van der Waals surface area contributed by atoms with Crippen LogP contribution in [0.4, 0.5) is 11.4 Å². The van der Waals surface area contributed by atoms with Crippen molar-refractivity contribution in [3.8, 4) is 0 Å². The molecule has 20 heavy (non-hydrogen) atoms. The summed E-state index contributed by atoms with van der Waals surface area (Å²) in [6.07, 6.45) is 2.05. The molecule has 0 saturated heterocycles. The van der Waals surface area contributed by atoms with Crippen molar-refractivity contribution in [2.24, 2.45) is 0 Å². The predicted octanol–water partition coefficient (Wildman–Crippen LogP) is 1.74. The third kappa shape index (κ3) is 3.14. The van der Waals surface area contributed by atoms with E-state index in [1.165, 1.54) is 18.2 Å². The van der Waals surface area contributed by atoms with E-state index >= 15 is 0 Å². The molecule has 1 aromatic carbocycles. The van der Waals surface area contributed by atoms with Crippen LogP contribution in [0, 0.1) is 10.1 Å². The topological polar surface area (TPSA) is 111 Å². The van der Waals surface area contributed by atoms with Crippen LogP contribution in [0.25, 0.3) is 0 Å². The summed E-state index contributed by atoms with van der Waals surface area (Å²) in [5, 5.41) is 13.5. The SMILES string of the molecule is Nc1ccc([N+](=O)[O-])c(C(=O)NCCc2ccco2)c1. The number of hydrogen-bond donors (Lipinski definition) is 2. The lowest BCUT2D eigenvalue weighted by atomic mass is 10.1. The van der Waals surface area contributed by atoms with Crippen LogP contribution >= 0.6 is 0 Å². The number of anilines is 1. The molecule has 2 rings (SSSR count). The van der Waals surface area contributed by atoms with Crippen LogP contribution in [0.1, 0.15) is 16.1 Å². The lowest BCUT2D eigenvalue weighted by Crippen LogP contribution is -2.26. The number of nitro benzene ring substituents is 1. The number of amides is 1. The Kier molecular flexibility index (Phi) is 3.99. The molecule has 2 aromatic rings. The zero-order valence-electron chi connectivity index (χ0n) is 10.5. The Balaban J connectivity index is 2.05. The highest BCUT2D eigenvalue weighted by atomic mass is 16.6. The lowest BCUT2D eigenvalue weighted by molar-refractivity contribution is -0.385. The van der Waals surface area contributed by atoms with Crippen molar-refractivity contribution in [1.82, 2.24) is 5.32 Å². The second-order valence-corrected chi connectivity index (χ2v) is 4.12. The molecule has 0 bridgehead atoms. The van der Waals surface area contributed by atoms with Crippen molar-refractivity contribution >= 4 is 17.3 Å². The molecule has 104 valence electrons. The van der Waals surface area contributed by atoms with Gasteiger partial charge in [-0.3, -0.25) is 14.9 Å². The van der Waals surface area contributed by atoms with Gasteiger partial charge in [-0.05, 0) is 24.3 Å². The van der Waals surface area contributed by atoms with Crippen LogP contribution in [0.3, 0.4) is 0 Å². The highest BCUT2D eigenvalue weighted by molar-refractivity contribution is 5.99. The van der Waals surface area contributed by atoms with Gasteiger partial charge in [0.05, 0.1) is 11.2 Å². The van der Waals surface area contributed by atoms with Crippen molar-refractivity contribution in [1.29, 1.82) is 0 Å². The minimum atomic E-state index is -0.610. The Hall–Kier alpha value is -2.83. The Bertz CT molecular complexity index is 623. The highest BCUT2D eigenvalue weighted by Gasteiger charge is 2.19. The number of nitrogens with two attached hydrogens (primary N) is 1. The average Bonchev–Trinajstić information content (AvgIpc) is 2.91. The summed E-state index contributed by atoms with van der Waals surface area (Å²) >= 11 is 0. The normalized spacial score (nSPS) is 10.2. The number of nitrogens with zero attached hydrogens (tertiary/aromatic N) is 1. The second-order valence-electron chi connectivity index (χ2n) is 4.12. The molecule has 0 aliphatic heterocycles. The molecule has 0 atom stereocenters. The molecule has 0 aliphatic rings. The number of nitrogen functional groups attached to an aromatic ring is 1. The van der Waals surface area contributed by atoms with Crippen LogP contribution < -0.4 is 11.1 Å². The summed E-state index contributed by atoms with van der Waals surface area (Å²) in [6.45, 7) is 0.318. The number of rotatable bonds is 5. The van der Waals surface area contributed by atoms with Gasteiger partial charge >= 0.3 is 0 Å². The molecule has 3 N–H and O–H groups in total. The first-order valence-corrected chi connectivity index (χ1v) is 5.92. The van der Waals surface area contributed by atoms with E-state index in [-0.39, 0.29) is 11.3 Å². The van der Waals surface area contributed by atoms with Gasteiger partial charge in [-0.2, -0.15) is 0 Å². The van der Waals surface area contributed by atoms with Gasteiger partial charge < -0.3 is 15.5 Å². The van der Waals surface area contributed by atoms with Crippen molar-refractivity contribution in [2.45, 2.75) is 6.42 Å². The molecule has 0 saturated carbocycles. The Morgan fingerprint density at radius 3 is 2.85 bits per heavy atom. The molecule has 0 aliphatic carbocycles. The molecular weight excluding hydrogens is 262 g/mol. The number of nitrogens with one attached hydrogen (secondary N) is 1. The molecule has 1 heterocycles. The maximum absolute atomic E-state index is 11.9. The van der Waals surface area contributed by atoms with Crippen molar-refractivity contribution in [3.05, 3.63) is 58.0 Å². The van der Waals surface area contributed by atoms with Crippen LogP contribution in [0.2, 0.25) is 0 Å². The van der Waals surface area contributed by atoms with Gasteiger partial charge in [-0.25, -0.2) is 0 Å². The fourth-order valence-electron chi connectivity index (χ4n) is 1.74. The molecule has 0 unspecified atom stereocenters. The van der Waals surface area contributed by atoms with E-state index in [0.29, 0.717) is 18.7 Å². The number of carbonyl (C=O) groups is 1. The van der Waals surface area contributed by atoms with Crippen LogP contribution in [-0.2, 0) is 6.42 Å². The first kappa shape index (κ1) is 13.6.